The van der Waals surface area contributed by atoms with Gasteiger partial charge in [0.25, 0.3) is 5.91 Å². The molecule has 0 aromatic heterocycles. The Kier molecular flexibility index (Phi) is 4.71. The molecular weight excluding hydrogens is 198 g/mol. The van der Waals surface area contributed by atoms with Crippen molar-refractivity contribution in [3.8, 4) is 0 Å². The first-order valence-electron chi connectivity index (χ1n) is 4.99. The van der Waals surface area contributed by atoms with Gasteiger partial charge in [-0.15, -0.1) is 0 Å². The van der Waals surface area contributed by atoms with Crippen LogP contribution in [0.25, 0.3) is 0 Å². The van der Waals surface area contributed by atoms with E-state index in [4.69, 9.17) is 5.84 Å². The molecule has 1 atom stereocenters. The number of thioether (sulfide) groups is 1. The predicted octanol–water partition coefficient (Wildman–Crippen LogP) is 0.0497. The topological polar surface area (TPSA) is 58.4 Å². The van der Waals surface area contributed by atoms with Gasteiger partial charge in [-0.2, -0.15) is 11.8 Å². The predicted molar refractivity (Wildman–Crippen MR) is 59.9 cm³/mol. The molecule has 82 valence electrons. The Balaban J connectivity index is 2.60. The first kappa shape index (κ1) is 11.8. The lowest BCUT2D eigenvalue weighted by molar-refractivity contribution is -0.128. The summed E-state index contributed by atoms with van der Waals surface area (Å²) in [6, 6.07) is -0.0686. The van der Waals surface area contributed by atoms with Crippen LogP contribution in [-0.2, 0) is 4.79 Å². The smallest absolute Gasteiger partial charge is 0.251 e. The van der Waals surface area contributed by atoms with Crippen LogP contribution in [0.3, 0.4) is 0 Å². The number of nitrogens with two attached hydrogens (primary N) is 1. The van der Waals surface area contributed by atoms with E-state index >= 15 is 0 Å². The van der Waals surface area contributed by atoms with Crippen LogP contribution in [-0.4, -0.2) is 41.4 Å². The average molecular weight is 217 g/mol. The van der Waals surface area contributed by atoms with Crippen molar-refractivity contribution >= 4 is 17.7 Å². The molecule has 1 fully saturated rings. The Morgan fingerprint density at radius 3 is 2.43 bits per heavy atom. The quantitative estimate of drug-likeness (QED) is 0.398. The summed E-state index contributed by atoms with van der Waals surface area (Å²) in [6.45, 7) is 6.09. The van der Waals surface area contributed by atoms with E-state index < -0.39 is 0 Å². The Labute approximate surface area is 89.6 Å². The fourth-order valence-electron chi connectivity index (χ4n) is 1.83. The van der Waals surface area contributed by atoms with E-state index in [1.165, 1.54) is 0 Å². The maximum Gasteiger partial charge on any atom is 0.251 e. The van der Waals surface area contributed by atoms with Crippen molar-refractivity contribution in [3.63, 3.8) is 0 Å². The van der Waals surface area contributed by atoms with E-state index in [2.05, 4.69) is 24.2 Å². The van der Waals surface area contributed by atoms with Gasteiger partial charge < -0.3 is 0 Å². The SMILES string of the molecule is CC(C)C(C(=O)NN)N1CCSCC1. The number of carbonyl (C=O) groups is 1. The lowest BCUT2D eigenvalue weighted by atomic mass is 10.0. The maximum absolute atomic E-state index is 11.6. The minimum Gasteiger partial charge on any atom is -0.293 e. The molecule has 0 spiro atoms. The minimum absolute atomic E-state index is 0.0631. The lowest BCUT2D eigenvalue weighted by Crippen LogP contribution is -2.53. The van der Waals surface area contributed by atoms with Gasteiger partial charge >= 0.3 is 0 Å². The van der Waals surface area contributed by atoms with Gasteiger partial charge in [0.2, 0.25) is 0 Å². The number of nitrogens with zero attached hydrogens (tertiary/aromatic N) is 1. The van der Waals surface area contributed by atoms with E-state index in [-0.39, 0.29) is 11.9 Å². The first-order chi connectivity index (χ1) is 6.66. The maximum atomic E-state index is 11.6. The van der Waals surface area contributed by atoms with Crippen molar-refractivity contribution in [2.75, 3.05) is 24.6 Å². The Bertz CT molecular complexity index is 192. The molecule has 14 heavy (non-hydrogen) atoms. The highest BCUT2D eigenvalue weighted by molar-refractivity contribution is 7.99. The number of hydrazine groups is 1. The second-order valence-electron chi connectivity index (χ2n) is 3.85. The third-order valence-electron chi connectivity index (χ3n) is 2.48. The molecule has 1 unspecified atom stereocenters. The molecule has 0 saturated carbocycles. The summed E-state index contributed by atoms with van der Waals surface area (Å²) >= 11 is 1.94. The zero-order chi connectivity index (χ0) is 10.6. The molecular formula is C9H19N3OS. The van der Waals surface area contributed by atoms with E-state index in [1.807, 2.05) is 11.8 Å². The molecule has 3 N–H and O–H groups in total. The largest absolute Gasteiger partial charge is 0.293 e. The van der Waals surface area contributed by atoms with Gasteiger partial charge in [0.05, 0.1) is 6.04 Å². The Hall–Kier alpha value is -0.260. The number of rotatable bonds is 3. The molecule has 1 heterocycles. The van der Waals surface area contributed by atoms with Crippen molar-refractivity contribution in [1.82, 2.24) is 10.3 Å². The highest BCUT2D eigenvalue weighted by Crippen LogP contribution is 2.17. The zero-order valence-electron chi connectivity index (χ0n) is 8.82. The lowest BCUT2D eigenvalue weighted by Gasteiger charge is -2.35. The summed E-state index contributed by atoms with van der Waals surface area (Å²) in [6.07, 6.45) is 0. The molecule has 0 aliphatic carbocycles. The molecule has 0 aromatic rings. The molecule has 1 aliphatic heterocycles. The van der Waals surface area contributed by atoms with E-state index in [1.54, 1.807) is 0 Å². The number of hydrogen-bond acceptors (Lipinski definition) is 4. The van der Waals surface area contributed by atoms with Crippen molar-refractivity contribution in [2.45, 2.75) is 19.9 Å². The van der Waals surface area contributed by atoms with E-state index in [0.29, 0.717) is 5.92 Å². The van der Waals surface area contributed by atoms with Crippen LogP contribution in [0.2, 0.25) is 0 Å². The van der Waals surface area contributed by atoms with E-state index in [9.17, 15) is 4.79 Å². The molecule has 4 nitrogen and oxygen atoms in total. The van der Waals surface area contributed by atoms with Gasteiger partial charge in [0.15, 0.2) is 0 Å². The van der Waals surface area contributed by atoms with Crippen LogP contribution >= 0.6 is 11.8 Å². The minimum atomic E-state index is -0.0686. The molecule has 1 rings (SSSR count). The Morgan fingerprint density at radius 1 is 1.43 bits per heavy atom. The normalized spacial score (nSPS) is 20.9. The van der Waals surface area contributed by atoms with Crippen LogP contribution in [0, 0.1) is 5.92 Å². The second kappa shape index (κ2) is 5.58. The summed E-state index contributed by atoms with van der Waals surface area (Å²) in [5.41, 5.74) is 2.26. The summed E-state index contributed by atoms with van der Waals surface area (Å²) in [5, 5.41) is 0. The van der Waals surface area contributed by atoms with Gasteiger partial charge in [-0.1, -0.05) is 13.8 Å². The number of carbonyl (C=O) groups excluding carboxylic acids is 1. The Morgan fingerprint density at radius 2 is 2.00 bits per heavy atom. The first-order valence-corrected chi connectivity index (χ1v) is 6.14. The van der Waals surface area contributed by atoms with Crippen molar-refractivity contribution in [2.24, 2.45) is 11.8 Å². The van der Waals surface area contributed by atoms with Gasteiger partial charge in [0, 0.05) is 24.6 Å². The number of nitrogens with one attached hydrogen (secondary N) is 1. The highest BCUT2D eigenvalue weighted by Gasteiger charge is 2.29. The fourth-order valence-corrected chi connectivity index (χ4v) is 2.76. The average Bonchev–Trinajstić information content (AvgIpc) is 2.19. The van der Waals surface area contributed by atoms with Gasteiger partial charge in [-0.05, 0) is 5.92 Å². The van der Waals surface area contributed by atoms with Gasteiger partial charge in [-0.3, -0.25) is 15.1 Å². The standard InChI is InChI=1S/C9H19N3OS/c1-7(2)8(9(13)11-10)12-3-5-14-6-4-12/h7-8H,3-6,10H2,1-2H3,(H,11,13). The molecule has 1 saturated heterocycles. The molecule has 1 amide bonds. The third kappa shape index (κ3) is 2.87. The molecule has 0 bridgehead atoms. The summed E-state index contributed by atoms with van der Waals surface area (Å²) < 4.78 is 0. The fraction of sp³-hybridized carbons (Fsp3) is 0.889. The van der Waals surface area contributed by atoms with Crippen LogP contribution in [0.15, 0.2) is 0 Å². The van der Waals surface area contributed by atoms with Crippen molar-refractivity contribution in [1.29, 1.82) is 0 Å². The number of hydrogen-bond donors (Lipinski definition) is 2. The molecule has 0 aromatic carbocycles. The number of amides is 1. The highest BCUT2D eigenvalue weighted by atomic mass is 32.2. The van der Waals surface area contributed by atoms with Crippen LogP contribution in [0.1, 0.15) is 13.8 Å². The van der Waals surface area contributed by atoms with Crippen LogP contribution < -0.4 is 11.3 Å². The van der Waals surface area contributed by atoms with Crippen molar-refractivity contribution < 1.29 is 4.79 Å². The second-order valence-corrected chi connectivity index (χ2v) is 5.07. The van der Waals surface area contributed by atoms with Gasteiger partial charge in [-0.25, -0.2) is 5.84 Å². The van der Waals surface area contributed by atoms with Crippen molar-refractivity contribution in [3.05, 3.63) is 0 Å². The van der Waals surface area contributed by atoms with E-state index in [0.717, 1.165) is 24.6 Å². The summed E-state index contributed by atoms with van der Waals surface area (Å²) in [7, 11) is 0. The van der Waals surface area contributed by atoms with Gasteiger partial charge in [0.1, 0.15) is 0 Å². The zero-order valence-corrected chi connectivity index (χ0v) is 9.64. The summed E-state index contributed by atoms with van der Waals surface area (Å²) in [5.74, 6) is 7.65. The molecule has 0 radical (unpaired) electrons. The molecule has 5 heteroatoms. The van der Waals surface area contributed by atoms with Crippen LogP contribution in [0.5, 0.6) is 0 Å². The van der Waals surface area contributed by atoms with Crippen LogP contribution in [0.4, 0.5) is 0 Å². The monoisotopic (exact) mass is 217 g/mol. The summed E-state index contributed by atoms with van der Waals surface area (Å²) in [4.78, 5) is 13.8. The third-order valence-corrected chi connectivity index (χ3v) is 3.42. The molecule has 1 aliphatic rings.